The lowest BCUT2D eigenvalue weighted by atomic mass is 9.56. The highest BCUT2D eigenvalue weighted by Gasteiger charge is 2.61. The first-order chi connectivity index (χ1) is 15.8. The van der Waals surface area contributed by atoms with Crippen molar-refractivity contribution >= 4 is 11.6 Å². The molecule has 0 aromatic carbocycles. The van der Waals surface area contributed by atoms with Crippen LogP contribution >= 0.6 is 11.6 Å². The second kappa shape index (κ2) is 8.08. The third-order valence-electron chi connectivity index (χ3n) is 11.5. The topological polar surface area (TPSA) is 32.7 Å². The van der Waals surface area contributed by atoms with Gasteiger partial charge in [0.15, 0.2) is 0 Å². The number of aliphatic hydroxyl groups excluding tert-OH is 1. The number of fused-ring (bicyclic) bond motifs is 6. The third-order valence-corrected chi connectivity index (χ3v) is 11.6. The number of likely N-dealkylation sites (tertiary alicyclic amines) is 1. The Bertz CT molecular complexity index is 868. The minimum absolute atomic E-state index is 0.0663. The highest BCUT2D eigenvalue weighted by Crippen LogP contribution is 2.65. The normalized spacial score (nSPS) is 51.8. The first-order valence-corrected chi connectivity index (χ1v) is 14.4. The molecular formula is C29H44ClNO2. The minimum Gasteiger partial charge on any atom is -0.393 e. The number of nitrogens with zero attached hydrogens (tertiary/aromatic N) is 1. The predicted octanol–water partition coefficient (Wildman–Crippen LogP) is 5.95. The van der Waals surface area contributed by atoms with Crippen LogP contribution in [0.25, 0.3) is 0 Å². The van der Waals surface area contributed by atoms with Gasteiger partial charge in [0.2, 0.25) is 0 Å². The maximum Gasteiger partial charge on any atom is 0.0937 e. The van der Waals surface area contributed by atoms with E-state index >= 15 is 0 Å². The predicted molar refractivity (Wildman–Crippen MR) is 134 cm³/mol. The van der Waals surface area contributed by atoms with Crippen molar-refractivity contribution in [1.29, 1.82) is 0 Å². The lowest BCUT2D eigenvalue weighted by Gasteiger charge is -2.49. The molecule has 6 rings (SSSR count). The van der Waals surface area contributed by atoms with Gasteiger partial charge in [0, 0.05) is 30.9 Å². The van der Waals surface area contributed by atoms with Gasteiger partial charge in [0.1, 0.15) is 0 Å². The van der Waals surface area contributed by atoms with Gasteiger partial charge in [-0.05, 0) is 93.0 Å². The van der Waals surface area contributed by atoms with E-state index in [1.807, 2.05) is 0 Å². The van der Waals surface area contributed by atoms with Crippen LogP contribution in [0.15, 0.2) is 22.8 Å². The second-order valence-electron chi connectivity index (χ2n) is 12.9. The van der Waals surface area contributed by atoms with E-state index < -0.39 is 0 Å². The largest absolute Gasteiger partial charge is 0.393 e. The van der Waals surface area contributed by atoms with Crippen molar-refractivity contribution in [1.82, 2.24) is 4.90 Å². The molecule has 0 aromatic rings. The molecule has 4 fully saturated rings. The summed E-state index contributed by atoms with van der Waals surface area (Å²) >= 11 is 6.24. The monoisotopic (exact) mass is 473 g/mol. The van der Waals surface area contributed by atoms with E-state index in [0.29, 0.717) is 35.3 Å². The van der Waals surface area contributed by atoms with Crippen LogP contribution in [0.4, 0.5) is 0 Å². The Labute approximate surface area is 206 Å². The molecule has 1 spiro atoms. The summed E-state index contributed by atoms with van der Waals surface area (Å²) in [6, 6.07) is 0.515. The van der Waals surface area contributed by atoms with Gasteiger partial charge < -0.3 is 9.84 Å². The summed E-state index contributed by atoms with van der Waals surface area (Å²) in [5, 5.41) is 10.3. The van der Waals surface area contributed by atoms with E-state index in [0.717, 1.165) is 43.6 Å². The lowest BCUT2D eigenvalue weighted by Crippen LogP contribution is -2.52. The molecule has 2 saturated heterocycles. The molecule has 4 heteroatoms. The molecule has 0 amide bonds. The Morgan fingerprint density at radius 2 is 2.03 bits per heavy atom. The molecule has 10 atom stereocenters. The molecule has 4 aliphatic carbocycles. The zero-order chi connectivity index (χ0) is 23.1. The molecule has 3 nitrogen and oxygen atoms in total. The molecule has 0 bridgehead atoms. The van der Waals surface area contributed by atoms with E-state index in [1.54, 1.807) is 16.7 Å². The number of aliphatic hydroxyl groups is 1. The van der Waals surface area contributed by atoms with Gasteiger partial charge in [0.25, 0.3) is 0 Å². The van der Waals surface area contributed by atoms with Crippen LogP contribution in [0.3, 0.4) is 0 Å². The van der Waals surface area contributed by atoms with Gasteiger partial charge in [-0.15, -0.1) is 11.6 Å². The van der Waals surface area contributed by atoms with Gasteiger partial charge in [-0.3, -0.25) is 4.90 Å². The zero-order valence-corrected chi connectivity index (χ0v) is 21.9. The minimum atomic E-state index is -0.122. The van der Waals surface area contributed by atoms with Gasteiger partial charge in [-0.25, -0.2) is 0 Å². The van der Waals surface area contributed by atoms with Gasteiger partial charge in [-0.2, -0.15) is 0 Å². The summed E-state index contributed by atoms with van der Waals surface area (Å²) in [6.07, 6.45) is 12.0. The van der Waals surface area contributed by atoms with Gasteiger partial charge in [-0.1, -0.05) is 38.0 Å². The zero-order valence-electron chi connectivity index (χ0n) is 21.2. The molecule has 33 heavy (non-hydrogen) atoms. The fourth-order valence-electron chi connectivity index (χ4n) is 9.83. The van der Waals surface area contributed by atoms with Crippen molar-refractivity contribution in [2.45, 2.75) is 103 Å². The SMILES string of the molecule is CC1=C2C[C@H]3C(CC=C4CC(O)CCC43C)C2CCC12O[C@@H]1CC(C)CN(CCCl)C1[C@H]2C. The molecule has 2 saturated carbocycles. The van der Waals surface area contributed by atoms with Crippen molar-refractivity contribution in [2.24, 2.45) is 35.0 Å². The Morgan fingerprint density at radius 1 is 1.21 bits per heavy atom. The molecule has 0 aromatic heterocycles. The first-order valence-electron chi connectivity index (χ1n) is 13.8. The van der Waals surface area contributed by atoms with Crippen LogP contribution in [-0.4, -0.2) is 52.8 Å². The van der Waals surface area contributed by atoms with Crippen molar-refractivity contribution in [3.05, 3.63) is 22.8 Å². The lowest BCUT2D eigenvalue weighted by molar-refractivity contribution is -0.0643. The number of piperidine rings is 1. The molecule has 6 aliphatic rings. The quantitative estimate of drug-likeness (QED) is 0.397. The number of hydrogen-bond donors (Lipinski definition) is 1. The number of alkyl halides is 1. The molecule has 7 unspecified atom stereocenters. The van der Waals surface area contributed by atoms with Crippen LogP contribution in [0.1, 0.15) is 79.1 Å². The smallest absolute Gasteiger partial charge is 0.0937 e. The number of hydrogen-bond acceptors (Lipinski definition) is 3. The molecular weight excluding hydrogens is 430 g/mol. The van der Waals surface area contributed by atoms with Crippen LogP contribution in [0, 0.1) is 35.0 Å². The van der Waals surface area contributed by atoms with Crippen molar-refractivity contribution in [2.75, 3.05) is 19.0 Å². The second-order valence-corrected chi connectivity index (χ2v) is 13.3. The summed E-state index contributed by atoms with van der Waals surface area (Å²) in [6.45, 7) is 12.0. The summed E-state index contributed by atoms with van der Waals surface area (Å²) in [4.78, 5) is 2.66. The highest BCUT2D eigenvalue weighted by atomic mass is 35.5. The highest BCUT2D eigenvalue weighted by molar-refractivity contribution is 6.18. The van der Waals surface area contributed by atoms with Gasteiger partial charge >= 0.3 is 0 Å². The standard InChI is InChI=1S/C29H44ClNO2/c1-17-13-26-27(31(16-17)12-11-30)19(3)29(33-26)10-8-22-23-6-5-20-14-21(32)7-9-28(20,4)25(23)15-24(22)18(29)2/h5,17,19,21-23,25-27,32H,6-16H2,1-4H3/t17?,19-,21?,22?,23?,25+,26-,27?,28?,29?/m1/s1. The van der Waals surface area contributed by atoms with Crippen molar-refractivity contribution in [3.63, 3.8) is 0 Å². The first kappa shape index (κ1) is 23.1. The summed E-state index contributed by atoms with van der Waals surface area (Å²) in [5.74, 6) is 4.22. The number of rotatable bonds is 2. The van der Waals surface area contributed by atoms with Crippen LogP contribution in [0.5, 0.6) is 0 Å². The maximum atomic E-state index is 10.3. The number of allylic oxidation sites excluding steroid dienone is 2. The molecule has 1 N–H and O–H groups in total. The van der Waals surface area contributed by atoms with Crippen LogP contribution in [-0.2, 0) is 4.74 Å². The van der Waals surface area contributed by atoms with E-state index in [1.165, 1.54) is 38.6 Å². The fraction of sp³-hybridized carbons (Fsp3) is 0.862. The Kier molecular flexibility index (Phi) is 5.65. The van der Waals surface area contributed by atoms with E-state index in [9.17, 15) is 5.11 Å². The average Bonchev–Trinajstić information content (AvgIpc) is 3.29. The summed E-state index contributed by atoms with van der Waals surface area (Å²) < 4.78 is 7.18. The Hall–Kier alpha value is -0.350. The van der Waals surface area contributed by atoms with Gasteiger partial charge in [0.05, 0.1) is 17.8 Å². The van der Waals surface area contributed by atoms with Crippen molar-refractivity contribution < 1.29 is 9.84 Å². The molecule has 2 heterocycles. The Balaban J connectivity index is 1.33. The van der Waals surface area contributed by atoms with E-state index in [4.69, 9.17) is 16.3 Å². The van der Waals surface area contributed by atoms with E-state index in [-0.39, 0.29) is 11.7 Å². The van der Waals surface area contributed by atoms with E-state index in [2.05, 4.69) is 38.7 Å². The average molecular weight is 474 g/mol. The maximum absolute atomic E-state index is 10.3. The number of halogens is 1. The van der Waals surface area contributed by atoms with Crippen LogP contribution in [0.2, 0.25) is 0 Å². The summed E-state index contributed by atoms with van der Waals surface area (Å²) in [5.41, 5.74) is 5.16. The molecule has 2 aliphatic heterocycles. The van der Waals surface area contributed by atoms with Crippen LogP contribution < -0.4 is 0 Å². The fourth-order valence-corrected chi connectivity index (χ4v) is 10.0. The summed E-state index contributed by atoms with van der Waals surface area (Å²) in [7, 11) is 0. The third kappa shape index (κ3) is 3.24. The van der Waals surface area contributed by atoms with Crippen molar-refractivity contribution in [3.8, 4) is 0 Å². The molecule has 0 radical (unpaired) electrons. The Morgan fingerprint density at radius 3 is 2.82 bits per heavy atom. The molecule has 184 valence electrons. The number of ether oxygens (including phenoxy) is 1.